The van der Waals surface area contributed by atoms with Crippen LogP contribution >= 0.6 is 0 Å². The molecule has 4 nitrogen and oxygen atoms in total. The summed E-state index contributed by atoms with van der Waals surface area (Å²) in [7, 11) is 0. The van der Waals surface area contributed by atoms with Crippen LogP contribution in [0.2, 0.25) is 0 Å². The smallest absolute Gasteiger partial charge is 0.160 e. The Labute approximate surface area is 136 Å². The van der Waals surface area contributed by atoms with E-state index in [4.69, 9.17) is 0 Å². The van der Waals surface area contributed by atoms with Gasteiger partial charge in [-0.05, 0) is 42.5 Å². The fraction of sp³-hybridized carbons (Fsp3) is 0.368. The molecule has 0 bridgehead atoms. The van der Waals surface area contributed by atoms with Crippen molar-refractivity contribution in [1.82, 2.24) is 19.9 Å². The van der Waals surface area contributed by atoms with Gasteiger partial charge in [-0.3, -0.25) is 4.40 Å². The lowest BCUT2D eigenvalue weighted by Crippen LogP contribution is -2.26. The molecule has 0 radical (unpaired) electrons. The average molecular weight is 306 g/mol. The summed E-state index contributed by atoms with van der Waals surface area (Å²) in [6.45, 7) is 5.42. The van der Waals surface area contributed by atoms with Gasteiger partial charge in [0.25, 0.3) is 0 Å². The van der Waals surface area contributed by atoms with Crippen LogP contribution in [0.25, 0.3) is 5.65 Å². The fourth-order valence-corrected chi connectivity index (χ4v) is 3.67. The highest BCUT2D eigenvalue weighted by Crippen LogP contribution is 2.36. The molecular formula is C19H22N4. The number of nitrogens with zero attached hydrogens (tertiary/aromatic N) is 3. The molecule has 2 aromatic heterocycles. The Morgan fingerprint density at radius 1 is 1.22 bits per heavy atom. The van der Waals surface area contributed by atoms with E-state index in [0.717, 1.165) is 24.4 Å². The van der Waals surface area contributed by atoms with Crippen molar-refractivity contribution in [2.45, 2.75) is 32.7 Å². The Balaban J connectivity index is 1.47. The van der Waals surface area contributed by atoms with Gasteiger partial charge in [-0.25, -0.2) is 0 Å². The topological polar surface area (TPSA) is 42.2 Å². The first-order valence-electron chi connectivity index (χ1n) is 8.34. The van der Waals surface area contributed by atoms with E-state index in [9.17, 15) is 0 Å². The average Bonchev–Trinajstić information content (AvgIpc) is 3.09. The molecule has 23 heavy (non-hydrogen) atoms. The zero-order valence-corrected chi connectivity index (χ0v) is 13.7. The maximum atomic E-state index is 4.31. The maximum absolute atomic E-state index is 4.31. The molecule has 118 valence electrons. The van der Waals surface area contributed by atoms with Crippen LogP contribution in [0.3, 0.4) is 0 Å². The molecule has 4 rings (SSSR count). The molecule has 1 N–H and O–H groups in total. The Hall–Kier alpha value is -2.20. The first-order chi connectivity index (χ1) is 11.2. The van der Waals surface area contributed by atoms with E-state index in [-0.39, 0.29) is 0 Å². The summed E-state index contributed by atoms with van der Waals surface area (Å²) in [5.74, 6) is 1.66. The molecule has 1 aromatic carbocycles. The first-order valence-corrected chi connectivity index (χ1v) is 8.34. The fourth-order valence-electron chi connectivity index (χ4n) is 3.67. The molecule has 1 aliphatic carbocycles. The SMILES string of the molecule is Cc1ccc2c(c1)[C@H](NCCc1nnc3ccccn13)[C@H](C)C2. The van der Waals surface area contributed by atoms with Gasteiger partial charge < -0.3 is 5.32 Å². The third-order valence-corrected chi connectivity index (χ3v) is 4.84. The number of rotatable bonds is 4. The van der Waals surface area contributed by atoms with Crippen molar-refractivity contribution in [3.05, 3.63) is 65.1 Å². The second kappa shape index (κ2) is 5.78. The van der Waals surface area contributed by atoms with Gasteiger partial charge in [-0.1, -0.05) is 36.8 Å². The van der Waals surface area contributed by atoms with Crippen molar-refractivity contribution < 1.29 is 0 Å². The molecule has 0 amide bonds. The van der Waals surface area contributed by atoms with Crippen LogP contribution in [0.1, 0.15) is 35.5 Å². The Bertz CT molecular complexity index is 836. The Kier molecular flexibility index (Phi) is 3.62. The van der Waals surface area contributed by atoms with Gasteiger partial charge in [-0.2, -0.15) is 0 Å². The van der Waals surface area contributed by atoms with Gasteiger partial charge in [0.15, 0.2) is 5.65 Å². The highest BCUT2D eigenvalue weighted by atomic mass is 15.2. The van der Waals surface area contributed by atoms with E-state index < -0.39 is 0 Å². The van der Waals surface area contributed by atoms with Gasteiger partial charge in [0.2, 0.25) is 0 Å². The molecular weight excluding hydrogens is 284 g/mol. The van der Waals surface area contributed by atoms with E-state index in [1.54, 1.807) is 0 Å². The van der Waals surface area contributed by atoms with Crippen molar-refractivity contribution in [2.24, 2.45) is 5.92 Å². The number of fused-ring (bicyclic) bond motifs is 2. The van der Waals surface area contributed by atoms with Crippen molar-refractivity contribution in [2.75, 3.05) is 6.54 Å². The second-order valence-corrected chi connectivity index (χ2v) is 6.61. The standard InChI is InChI=1S/C19H22N4/c1-13-6-7-15-12-14(2)19(16(15)11-13)20-9-8-18-22-21-17-5-3-4-10-23(17)18/h3-7,10-11,14,19-20H,8-9,12H2,1-2H3/t14-,19-/m1/s1. The number of hydrogen-bond acceptors (Lipinski definition) is 3. The quantitative estimate of drug-likeness (QED) is 0.805. The predicted octanol–water partition coefficient (Wildman–Crippen LogP) is 3.10. The predicted molar refractivity (Wildman–Crippen MR) is 91.5 cm³/mol. The van der Waals surface area contributed by atoms with Crippen molar-refractivity contribution in [3.8, 4) is 0 Å². The summed E-state index contributed by atoms with van der Waals surface area (Å²) >= 11 is 0. The molecule has 0 saturated heterocycles. The summed E-state index contributed by atoms with van der Waals surface area (Å²) in [4.78, 5) is 0. The van der Waals surface area contributed by atoms with Gasteiger partial charge in [0, 0.05) is 25.2 Å². The van der Waals surface area contributed by atoms with Crippen LogP contribution in [0, 0.1) is 12.8 Å². The zero-order valence-electron chi connectivity index (χ0n) is 13.7. The minimum atomic E-state index is 0.448. The highest BCUT2D eigenvalue weighted by Gasteiger charge is 2.28. The van der Waals surface area contributed by atoms with Crippen LogP contribution in [0.15, 0.2) is 42.6 Å². The first kappa shape index (κ1) is 14.4. The molecule has 0 fully saturated rings. The number of nitrogens with one attached hydrogen (secondary N) is 1. The molecule has 0 aliphatic heterocycles. The van der Waals surface area contributed by atoms with Crippen LogP contribution in [-0.4, -0.2) is 21.1 Å². The van der Waals surface area contributed by atoms with Crippen LogP contribution in [-0.2, 0) is 12.8 Å². The maximum Gasteiger partial charge on any atom is 0.160 e. The summed E-state index contributed by atoms with van der Waals surface area (Å²) in [5.41, 5.74) is 5.22. The van der Waals surface area contributed by atoms with E-state index in [2.05, 4.69) is 52.0 Å². The van der Waals surface area contributed by atoms with E-state index in [1.165, 1.54) is 23.1 Å². The minimum Gasteiger partial charge on any atom is -0.309 e. The lowest BCUT2D eigenvalue weighted by molar-refractivity contribution is 0.417. The van der Waals surface area contributed by atoms with E-state index >= 15 is 0 Å². The third-order valence-electron chi connectivity index (χ3n) is 4.84. The number of hydrogen-bond donors (Lipinski definition) is 1. The number of aryl methyl sites for hydroxylation is 1. The van der Waals surface area contributed by atoms with Crippen molar-refractivity contribution in [1.29, 1.82) is 0 Å². The molecule has 2 atom stereocenters. The molecule has 0 spiro atoms. The normalized spacial score (nSPS) is 20.1. The summed E-state index contributed by atoms with van der Waals surface area (Å²) in [6.07, 6.45) is 4.08. The monoisotopic (exact) mass is 306 g/mol. The van der Waals surface area contributed by atoms with Gasteiger partial charge in [0.05, 0.1) is 0 Å². The van der Waals surface area contributed by atoms with E-state index in [1.807, 2.05) is 24.4 Å². The molecule has 2 heterocycles. The molecule has 1 aliphatic rings. The zero-order chi connectivity index (χ0) is 15.8. The largest absolute Gasteiger partial charge is 0.309 e. The molecule has 0 saturated carbocycles. The van der Waals surface area contributed by atoms with Crippen LogP contribution in [0.5, 0.6) is 0 Å². The van der Waals surface area contributed by atoms with Gasteiger partial charge >= 0.3 is 0 Å². The third kappa shape index (κ3) is 2.63. The Morgan fingerprint density at radius 3 is 3.04 bits per heavy atom. The summed E-state index contributed by atoms with van der Waals surface area (Å²) in [6, 6.07) is 13.3. The van der Waals surface area contributed by atoms with Crippen LogP contribution < -0.4 is 5.32 Å². The lowest BCUT2D eigenvalue weighted by Gasteiger charge is -2.19. The summed E-state index contributed by atoms with van der Waals surface area (Å²) in [5, 5.41) is 12.3. The number of aromatic nitrogens is 3. The molecule has 0 unspecified atom stereocenters. The second-order valence-electron chi connectivity index (χ2n) is 6.61. The van der Waals surface area contributed by atoms with Crippen molar-refractivity contribution in [3.63, 3.8) is 0 Å². The highest BCUT2D eigenvalue weighted by molar-refractivity contribution is 5.39. The van der Waals surface area contributed by atoms with E-state index in [0.29, 0.717) is 12.0 Å². The molecule has 4 heteroatoms. The number of pyridine rings is 1. The summed E-state index contributed by atoms with van der Waals surface area (Å²) < 4.78 is 2.07. The Morgan fingerprint density at radius 2 is 2.13 bits per heavy atom. The van der Waals surface area contributed by atoms with Gasteiger partial charge in [-0.15, -0.1) is 10.2 Å². The minimum absolute atomic E-state index is 0.448. The van der Waals surface area contributed by atoms with Gasteiger partial charge in [0.1, 0.15) is 5.82 Å². The lowest BCUT2D eigenvalue weighted by atomic mass is 10.0. The van der Waals surface area contributed by atoms with Crippen LogP contribution in [0.4, 0.5) is 0 Å². The molecule has 3 aromatic rings. The number of benzene rings is 1. The van der Waals surface area contributed by atoms with Crippen molar-refractivity contribution >= 4 is 5.65 Å².